The highest BCUT2D eigenvalue weighted by Gasteiger charge is 2.21. The lowest BCUT2D eigenvalue weighted by Crippen LogP contribution is -2.21. The predicted molar refractivity (Wildman–Crippen MR) is 180 cm³/mol. The molecule has 0 saturated carbocycles. The van der Waals surface area contributed by atoms with Crippen LogP contribution in [0.4, 0.5) is 0 Å². The minimum Gasteiger partial charge on any atom is -0.494 e. The van der Waals surface area contributed by atoms with E-state index >= 15 is 0 Å². The van der Waals surface area contributed by atoms with Crippen LogP contribution in [0.25, 0.3) is 22.3 Å². The molecule has 0 aliphatic rings. The van der Waals surface area contributed by atoms with Gasteiger partial charge in [0.05, 0.1) is 41.4 Å². The molecule has 0 radical (unpaired) electrons. The molecule has 0 amide bonds. The number of fused-ring (bicyclic) bond motifs is 1. The van der Waals surface area contributed by atoms with E-state index in [1.807, 2.05) is 38.1 Å². The fraction of sp³-hybridized carbons (Fsp3) is 0.333. The van der Waals surface area contributed by atoms with E-state index in [4.69, 9.17) is 23.9 Å². The smallest absolute Gasteiger partial charge is 0.344 e. The van der Waals surface area contributed by atoms with Gasteiger partial charge in [0, 0.05) is 15.6 Å². The van der Waals surface area contributed by atoms with Crippen molar-refractivity contribution in [2.45, 2.75) is 53.6 Å². The molecule has 1 aromatic heterocycles. The van der Waals surface area contributed by atoms with E-state index in [0.717, 1.165) is 22.4 Å². The van der Waals surface area contributed by atoms with Crippen LogP contribution in [-0.2, 0) is 9.53 Å². The monoisotopic (exact) mass is 727 g/mol. The number of ether oxygens (including phenoxy) is 4. The zero-order chi connectivity index (χ0) is 32.1. The summed E-state index contributed by atoms with van der Waals surface area (Å²) in [5, 5.41) is 5.10. The Balaban J connectivity index is 1.86. The molecule has 0 fully saturated rings. The number of aryl methyl sites for hydroxylation is 1. The molecular formula is C33H35Br2N3O6. The van der Waals surface area contributed by atoms with Gasteiger partial charge in [-0.1, -0.05) is 26.0 Å². The van der Waals surface area contributed by atoms with E-state index in [9.17, 15) is 9.59 Å². The third-order valence-corrected chi connectivity index (χ3v) is 8.81. The first kappa shape index (κ1) is 33.2. The second-order valence-electron chi connectivity index (χ2n) is 10.6. The second-order valence-corrected chi connectivity index (χ2v) is 12.1. The third kappa shape index (κ3) is 7.15. The fourth-order valence-electron chi connectivity index (χ4n) is 4.61. The van der Waals surface area contributed by atoms with Gasteiger partial charge < -0.3 is 18.9 Å². The molecule has 0 aliphatic carbocycles. The Labute approximate surface area is 273 Å². The Morgan fingerprint density at radius 2 is 1.77 bits per heavy atom. The summed E-state index contributed by atoms with van der Waals surface area (Å²) >= 11 is 7.13. The minimum atomic E-state index is -0.503. The SMILES string of the molecule is CCOc1cc(C)c(-c2nc3ccccc3c(=O)n2N=Cc2cc(OC)c(OCC(=O)OC(C)C)c(Br)c2Br)cc1C(C)C. The van der Waals surface area contributed by atoms with Crippen molar-refractivity contribution in [3.05, 3.63) is 78.5 Å². The summed E-state index contributed by atoms with van der Waals surface area (Å²) < 4.78 is 24.8. The summed E-state index contributed by atoms with van der Waals surface area (Å²) in [6, 6.07) is 12.9. The third-order valence-electron chi connectivity index (χ3n) is 6.66. The zero-order valence-corrected chi connectivity index (χ0v) is 28.9. The number of nitrogens with zero attached hydrogens (tertiary/aromatic N) is 3. The number of esters is 1. The quantitative estimate of drug-likeness (QED) is 0.116. The Kier molecular flexibility index (Phi) is 10.9. The molecule has 4 rings (SSSR count). The largest absolute Gasteiger partial charge is 0.494 e. The molecule has 0 N–H and O–H groups in total. The molecular weight excluding hydrogens is 694 g/mol. The van der Waals surface area contributed by atoms with Gasteiger partial charge in [-0.15, -0.1) is 0 Å². The first-order valence-corrected chi connectivity index (χ1v) is 15.8. The van der Waals surface area contributed by atoms with Crippen LogP contribution in [-0.4, -0.2) is 48.3 Å². The fourth-order valence-corrected chi connectivity index (χ4v) is 5.54. The van der Waals surface area contributed by atoms with Gasteiger partial charge in [0.25, 0.3) is 5.56 Å². The van der Waals surface area contributed by atoms with Crippen LogP contribution in [0, 0.1) is 6.92 Å². The number of para-hydroxylation sites is 1. The molecule has 0 atom stereocenters. The van der Waals surface area contributed by atoms with Crippen LogP contribution in [0.5, 0.6) is 17.2 Å². The van der Waals surface area contributed by atoms with E-state index in [1.165, 1.54) is 11.8 Å². The maximum Gasteiger partial charge on any atom is 0.344 e. The van der Waals surface area contributed by atoms with E-state index in [0.29, 0.717) is 49.3 Å². The molecule has 44 heavy (non-hydrogen) atoms. The maximum absolute atomic E-state index is 13.9. The standard InChI is InChI=1S/C33H35Br2N3O6/c1-8-42-26-13-20(6)24(15-23(26)18(2)3)32-37-25-12-10-9-11-22(25)33(40)38(32)36-16-21-14-27(41-7)31(30(35)29(21)34)43-17-28(39)44-19(4)5/h9-16,18-19H,8,17H2,1-7H3. The highest BCUT2D eigenvalue weighted by molar-refractivity contribution is 9.13. The van der Waals surface area contributed by atoms with Crippen molar-refractivity contribution in [3.63, 3.8) is 0 Å². The average molecular weight is 729 g/mol. The molecule has 11 heteroatoms. The van der Waals surface area contributed by atoms with Crippen molar-refractivity contribution >= 4 is 54.9 Å². The van der Waals surface area contributed by atoms with Gasteiger partial charge in [0.1, 0.15) is 5.75 Å². The van der Waals surface area contributed by atoms with Crippen LogP contribution >= 0.6 is 31.9 Å². The summed E-state index contributed by atoms with van der Waals surface area (Å²) in [6.45, 7) is 11.9. The van der Waals surface area contributed by atoms with Crippen LogP contribution in [0.1, 0.15) is 57.2 Å². The summed E-state index contributed by atoms with van der Waals surface area (Å²) in [5.41, 5.74) is 3.52. The molecule has 0 aliphatic heterocycles. The van der Waals surface area contributed by atoms with Crippen molar-refractivity contribution in [2.75, 3.05) is 20.3 Å². The van der Waals surface area contributed by atoms with E-state index in [1.54, 1.807) is 38.3 Å². The van der Waals surface area contributed by atoms with Crippen LogP contribution in [0.3, 0.4) is 0 Å². The molecule has 4 aromatic rings. The summed E-state index contributed by atoms with van der Waals surface area (Å²) in [6.07, 6.45) is 1.28. The van der Waals surface area contributed by atoms with Crippen molar-refractivity contribution in [1.29, 1.82) is 0 Å². The molecule has 3 aromatic carbocycles. The van der Waals surface area contributed by atoms with Crippen LogP contribution in [0.2, 0.25) is 0 Å². The van der Waals surface area contributed by atoms with E-state index < -0.39 is 5.97 Å². The van der Waals surface area contributed by atoms with Crippen molar-refractivity contribution in [3.8, 4) is 28.6 Å². The number of halogens is 2. The Bertz CT molecular complexity index is 1780. The minimum absolute atomic E-state index is 0.175. The first-order chi connectivity index (χ1) is 21.0. The average Bonchev–Trinajstić information content (AvgIpc) is 2.97. The Morgan fingerprint density at radius 1 is 1.05 bits per heavy atom. The molecule has 0 unspecified atom stereocenters. The topological polar surface area (TPSA) is 101 Å². The maximum atomic E-state index is 13.9. The summed E-state index contributed by atoms with van der Waals surface area (Å²) in [4.78, 5) is 30.9. The van der Waals surface area contributed by atoms with Crippen molar-refractivity contribution in [2.24, 2.45) is 5.10 Å². The van der Waals surface area contributed by atoms with Gasteiger partial charge in [-0.25, -0.2) is 9.78 Å². The number of aromatic nitrogens is 2. The van der Waals surface area contributed by atoms with Crippen LogP contribution < -0.4 is 19.8 Å². The molecule has 9 nitrogen and oxygen atoms in total. The number of carbonyl (C=O) groups is 1. The molecule has 232 valence electrons. The molecule has 0 bridgehead atoms. The lowest BCUT2D eigenvalue weighted by atomic mass is 9.96. The number of rotatable bonds is 11. The molecule has 1 heterocycles. The molecule has 0 saturated heterocycles. The lowest BCUT2D eigenvalue weighted by molar-refractivity contribution is -0.149. The number of benzene rings is 3. The first-order valence-electron chi connectivity index (χ1n) is 14.2. The molecule has 0 spiro atoms. The number of methoxy groups -OCH3 is 1. The zero-order valence-electron chi connectivity index (χ0n) is 25.7. The summed E-state index contributed by atoms with van der Waals surface area (Å²) in [5.74, 6) is 1.55. The van der Waals surface area contributed by atoms with Gasteiger partial charge >= 0.3 is 5.97 Å². The lowest BCUT2D eigenvalue weighted by Gasteiger charge is -2.18. The highest BCUT2D eigenvalue weighted by Crippen LogP contribution is 2.42. The number of carbonyl (C=O) groups excluding carboxylic acids is 1. The summed E-state index contributed by atoms with van der Waals surface area (Å²) in [7, 11) is 1.49. The number of hydrogen-bond donors (Lipinski definition) is 0. The van der Waals surface area contributed by atoms with Gasteiger partial charge in [-0.05, 0) is 107 Å². The van der Waals surface area contributed by atoms with E-state index in [2.05, 4.69) is 50.8 Å². The van der Waals surface area contributed by atoms with Crippen LogP contribution in [0.15, 0.2) is 61.3 Å². The van der Waals surface area contributed by atoms with Gasteiger partial charge in [-0.3, -0.25) is 4.79 Å². The van der Waals surface area contributed by atoms with Crippen molar-refractivity contribution in [1.82, 2.24) is 9.66 Å². The normalized spacial score (nSPS) is 11.5. The van der Waals surface area contributed by atoms with Gasteiger partial charge in [0.15, 0.2) is 23.9 Å². The second kappa shape index (κ2) is 14.4. The Morgan fingerprint density at radius 3 is 2.43 bits per heavy atom. The van der Waals surface area contributed by atoms with Gasteiger partial charge in [0.2, 0.25) is 0 Å². The van der Waals surface area contributed by atoms with Gasteiger partial charge in [-0.2, -0.15) is 9.78 Å². The Hall–Kier alpha value is -3.70. The van der Waals surface area contributed by atoms with Crippen molar-refractivity contribution < 1.29 is 23.7 Å². The predicted octanol–water partition coefficient (Wildman–Crippen LogP) is 7.64. The number of hydrogen-bond acceptors (Lipinski definition) is 8. The van der Waals surface area contributed by atoms with E-state index in [-0.39, 0.29) is 24.2 Å². The highest BCUT2D eigenvalue weighted by atomic mass is 79.9.